The van der Waals surface area contributed by atoms with Crippen LogP contribution in [0.5, 0.6) is 0 Å². The molecule has 0 heteroatoms. The van der Waals surface area contributed by atoms with Crippen LogP contribution in [0, 0.1) is 0 Å². The molecule has 0 unspecified atom stereocenters. The van der Waals surface area contributed by atoms with Gasteiger partial charge in [0.1, 0.15) is 0 Å². The Hall–Kier alpha value is -7.80. The minimum atomic E-state index is -0.522. The van der Waals surface area contributed by atoms with E-state index in [9.17, 15) is 0 Å². The van der Waals surface area contributed by atoms with Crippen molar-refractivity contribution in [3.8, 4) is 33.4 Å². The summed E-state index contributed by atoms with van der Waals surface area (Å²) in [4.78, 5) is 0. The van der Waals surface area contributed by atoms with Gasteiger partial charge in [-0.25, -0.2) is 0 Å². The highest BCUT2D eigenvalue weighted by Crippen LogP contribution is 2.61. The van der Waals surface area contributed by atoms with E-state index in [4.69, 9.17) is 0 Å². The van der Waals surface area contributed by atoms with Gasteiger partial charge in [-0.15, -0.1) is 0 Å². The Bertz CT molecular complexity index is 3840. The second kappa shape index (κ2) is 12.1. The Balaban J connectivity index is 1.29. The lowest BCUT2D eigenvalue weighted by molar-refractivity contribution is 0.770. The monoisotopic (exact) mass is 768 g/mol. The van der Waals surface area contributed by atoms with Gasteiger partial charge in [0.25, 0.3) is 0 Å². The van der Waals surface area contributed by atoms with Crippen molar-refractivity contribution in [1.82, 2.24) is 0 Å². The fraction of sp³-hybridized carbons (Fsp3) is 0.0164. The SMILES string of the molecule is c1ccc(-c2c3cc4c5ccccc5c5cccc(c3c(-c3ccccc3)c3c6cccc7c8c(cc(c23)c76)C(c2ccccc2)(c2ccccc2)c2ccccc2-8)c54)cc1. The van der Waals surface area contributed by atoms with Gasteiger partial charge in [-0.1, -0.05) is 206 Å². The minimum absolute atomic E-state index is 0.522. The highest BCUT2D eigenvalue weighted by Gasteiger charge is 2.47. The van der Waals surface area contributed by atoms with Crippen LogP contribution in [0.15, 0.2) is 218 Å². The molecule has 0 amide bonds. The Kier molecular flexibility index (Phi) is 6.58. The van der Waals surface area contributed by atoms with E-state index in [1.165, 1.54) is 131 Å². The lowest BCUT2D eigenvalue weighted by Gasteiger charge is -2.34. The van der Waals surface area contributed by atoms with Gasteiger partial charge in [0.05, 0.1) is 5.41 Å². The first-order valence-corrected chi connectivity index (χ1v) is 21.4. The Morgan fingerprint density at radius 3 is 1.38 bits per heavy atom. The smallest absolute Gasteiger partial charge is 0.0622 e. The number of hydrogen-bond donors (Lipinski definition) is 0. The first-order valence-electron chi connectivity index (χ1n) is 21.4. The van der Waals surface area contributed by atoms with Gasteiger partial charge >= 0.3 is 0 Å². The third-order valence-electron chi connectivity index (χ3n) is 14.2. The van der Waals surface area contributed by atoms with Crippen LogP contribution < -0.4 is 0 Å². The number of rotatable bonds is 4. The van der Waals surface area contributed by atoms with Gasteiger partial charge in [0.15, 0.2) is 0 Å². The van der Waals surface area contributed by atoms with E-state index >= 15 is 0 Å². The summed E-state index contributed by atoms with van der Waals surface area (Å²) in [6, 6.07) is 82.3. The second-order valence-corrected chi connectivity index (χ2v) is 17.0. The first kappa shape index (κ1) is 33.1. The fourth-order valence-corrected chi connectivity index (χ4v) is 12.0. The summed E-state index contributed by atoms with van der Waals surface area (Å²) in [7, 11) is 0. The van der Waals surface area contributed by atoms with Gasteiger partial charge in [-0.3, -0.25) is 0 Å². The van der Waals surface area contributed by atoms with Crippen molar-refractivity contribution in [2.45, 2.75) is 5.41 Å². The summed E-state index contributed by atoms with van der Waals surface area (Å²) < 4.78 is 0. The average molecular weight is 769 g/mol. The van der Waals surface area contributed by atoms with E-state index in [1.54, 1.807) is 0 Å². The molecule has 280 valence electrons. The maximum Gasteiger partial charge on any atom is 0.0714 e. The van der Waals surface area contributed by atoms with Gasteiger partial charge < -0.3 is 0 Å². The lowest BCUT2D eigenvalue weighted by Crippen LogP contribution is -2.28. The first-order chi connectivity index (χ1) is 30.3. The standard InChI is InChI=1S/C61H36/c1-5-19-37(20-6-1)53-49-35-48-42-28-14-13-27-41(42)43-30-17-32-46(55(43)48)58(49)54(38-21-7-2-8-22-38)59-47-33-18-31-45-56(47)50(60(53)59)36-52-57(45)44-29-15-16-34-51(44)61(52,39-23-9-3-10-24-39)40-25-11-4-12-26-40/h1-36H. The van der Waals surface area contributed by atoms with Crippen LogP contribution in [0.2, 0.25) is 0 Å². The van der Waals surface area contributed by atoms with Gasteiger partial charge in [-0.2, -0.15) is 0 Å². The van der Waals surface area contributed by atoms with Crippen molar-refractivity contribution < 1.29 is 0 Å². The molecular weight excluding hydrogens is 733 g/mol. The van der Waals surface area contributed by atoms with Crippen LogP contribution in [-0.2, 0) is 5.41 Å². The van der Waals surface area contributed by atoms with Gasteiger partial charge in [0, 0.05) is 0 Å². The molecule has 13 aromatic carbocycles. The molecule has 1 aliphatic carbocycles. The van der Waals surface area contributed by atoms with Gasteiger partial charge in [0.2, 0.25) is 0 Å². The molecule has 0 atom stereocenters. The predicted molar refractivity (Wildman–Crippen MR) is 260 cm³/mol. The molecular formula is C61H36. The summed E-state index contributed by atoms with van der Waals surface area (Å²) in [6.45, 7) is 0. The number of fused-ring (bicyclic) bond motifs is 12. The Morgan fingerprint density at radius 2 is 0.705 bits per heavy atom. The van der Waals surface area contributed by atoms with E-state index < -0.39 is 5.41 Å². The van der Waals surface area contributed by atoms with Crippen LogP contribution in [-0.4, -0.2) is 0 Å². The molecule has 61 heavy (non-hydrogen) atoms. The van der Waals surface area contributed by atoms with Gasteiger partial charge in [-0.05, 0) is 143 Å². The maximum atomic E-state index is 2.62. The van der Waals surface area contributed by atoms with Crippen LogP contribution in [0.1, 0.15) is 22.3 Å². The third kappa shape index (κ3) is 4.14. The third-order valence-corrected chi connectivity index (χ3v) is 14.2. The zero-order valence-electron chi connectivity index (χ0n) is 33.3. The highest BCUT2D eigenvalue weighted by atomic mass is 14.5. The maximum absolute atomic E-state index is 2.62. The molecule has 0 aliphatic heterocycles. The molecule has 13 aromatic rings. The summed E-state index contributed by atoms with van der Waals surface area (Å²) >= 11 is 0. The summed E-state index contributed by atoms with van der Waals surface area (Å²) in [5.41, 5.74) is 12.5. The normalized spacial score (nSPS) is 13.4. The molecule has 0 saturated heterocycles. The largest absolute Gasteiger partial charge is 0.0714 e. The Labute approximate surface area is 353 Å². The molecule has 0 heterocycles. The zero-order chi connectivity index (χ0) is 39.8. The average Bonchev–Trinajstić information content (AvgIpc) is 3.95. The summed E-state index contributed by atoms with van der Waals surface area (Å²) in [6.07, 6.45) is 0. The van der Waals surface area contributed by atoms with E-state index in [0.29, 0.717) is 0 Å². The molecule has 14 rings (SSSR count). The molecule has 0 N–H and O–H groups in total. The van der Waals surface area contributed by atoms with E-state index in [-0.39, 0.29) is 0 Å². The predicted octanol–water partition coefficient (Wildman–Crippen LogP) is 16.3. The quantitative estimate of drug-likeness (QED) is 0.156. The van der Waals surface area contributed by atoms with E-state index in [2.05, 4.69) is 218 Å². The summed E-state index contributed by atoms with van der Waals surface area (Å²) in [5, 5.41) is 18.5. The minimum Gasteiger partial charge on any atom is -0.0622 e. The van der Waals surface area contributed by atoms with Crippen molar-refractivity contribution >= 4 is 75.4 Å². The molecule has 0 nitrogen and oxygen atoms in total. The zero-order valence-corrected chi connectivity index (χ0v) is 33.3. The topological polar surface area (TPSA) is 0 Å². The van der Waals surface area contributed by atoms with Crippen molar-refractivity contribution in [2.24, 2.45) is 0 Å². The van der Waals surface area contributed by atoms with Crippen LogP contribution in [0.3, 0.4) is 0 Å². The van der Waals surface area contributed by atoms with Crippen molar-refractivity contribution in [1.29, 1.82) is 0 Å². The van der Waals surface area contributed by atoms with Crippen molar-refractivity contribution in [3.05, 3.63) is 241 Å². The second-order valence-electron chi connectivity index (χ2n) is 17.0. The van der Waals surface area contributed by atoms with Crippen LogP contribution in [0.25, 0.3) is 109 Å². The van der Waals surface area contributed by atoms with Crippen molar-refractivity contribution in [2.75, 3.05) is 0 Å². The van der Waals surface area contributed by atoms with E-state index in [1.807, 2.05) is 0 Å². The molecule has 0 aromatic heterocycles. The molecule has 1 aliphatic rings. The molecule has 0 bridgehead atoms. The number of benzene rings is 11. The Morgan fingerprint density at radius 1 is 0.230 bits per heavy atom. The molecule has 0 fully saturated rings. The summed E-state index contributed by atoms with van der Waals surface area (Å²) in [5.74, 6) is 0. The van der Waals surface area contributed by atoms with Crippen LogP contribution in [0.4, 0.5) is 0 Å². The number of hydrogen-bond acceptors (Lipinski definition) is 0. The van der Waals surface area contributed by atoms with E-state index in [0.717, 1.165) is 0 Å². The van der Waals surface area contributed by atoms with Crippen molar-refractivity contribution in [3.63, 3.8) is 0 Å². The van der Waals surface area contributed by atoms with Crippen LogP contribution >= 0.6 is 0 Å². The molecule has 0 spiro atoms. The highest BCUT2D eigenvalue weighted by molar-refractivity contribution is 6.45. The molecule has 0 radical (unpaired) electrons. The molecule has 0 saturated carbocycles. The lowest BCUT2D eigenvalue weighted by atomic mass is 9.67. The fourth-order valence-electron chi connectivity index (χ4n) is 12.0.